The van der Waals surface area contributed by atoms with Gasteiger partial charge in [0.15, 0.2) is 0 Å². The van der Waals surface area contributed by atoms with Gasteiger partial charge >= 0.3 is 0 Å². The van der Waals surface area contributed by atoms with Crippen molar-refractivity contribution in [1.29, 1.82) is 0 Å². The third-order valence-electron chi connectivity index (χ3n) is 5.93. The lowest BCUT2D eigenvalue weighted by Gasteiger charge is -2.23. The van der Waals surface area contributed by atoms with Crippen LogP contribution in [-0.4, -0.2) is 18.4 Å². The zero-order valence-electron chi connectivity index (χ0n) is 18.1. The van der Waals surface area contributed by atoms with Crippen molar-refractivity contribution in [3.8, 4) is 11.1 Å². The number of fused-ring (bicyclic) bond motifs is 3. The Morgan fingerprint density at radius 2 is 1.38 bits per heavy atom. The third-order valence-corrected chi connectivity index (χ3v) is 6.56. The summed E-state index contributed by atoms with van der Waals surface area (Å²) < 4.78 is 0. The van der Waals surface area contributed by atoms with E-state index in [1.165, 1.54) is 5.56 Å². The molecule has 0 aliphatic carbocycles. The number of nitrogens with zero attached hydrogens (tertiary/aromatic N) is 1. The molecule has 2 amide bonds. The summed E-state index contributed by atoms with van der Waals surface area (Å²) in [6, 6.07) is 28.0. The Morgan fingerprint density at radius 1 is 0.735 bits per heavy atom. The van der Waals surface area contributed by atoms with Crippen molar-refractivity contribution in [3.63, 3.8) is 0 Å². The molecule has 34 heavy (non-hydrogen) atoms. The van der Waals surface area contributed by atoms with E-state index in [2.05, 4.69) is 23.5 Å². The van der Waals surface area contributed by atoms with Crippen molar-refractivity contribution < 1.29 is 9.59 Å². The van der Waals surface area contributed by atoms with Gasteiger partial charge in [0.1, 0.15) is 0 Å². The lowest BCUT2D eigenvalue weighted by Crippen LogP contribution is -2.32. The molecule has 1 aliphatic heterocycles. The summed E-state index contributed by atoms with van der Waals surface area (Å²) in [4.78, 5) is 28.0. The molecule has 0 saturated carbocycles. The molecule has 5 rings (SSSR count). The monoisotopic (exact) mass is 486 g/mol. The lowest BCUT2D eigenvalue weighted by molar-refractivity contribution is 0.0986. The van der Waals surface area contributed by atoms with Crippen molar-refractivity contribution >= 4 is 46.4 Å². The Labute approximate surface area is 207 Å². The van der Waals surface area contributed by atoms with Crippen molar-refractivity contribution in [2.75, 3.05) is 16.8 Å². The number of amides is 2. The van der Waals surface area contributed by atoms with Gasteiger partial charge in [0.2, 0.25) is 0 Å². The molecule has 1 heterocycles. The van der Waals surface area contributed by atoms with Gasteiger partial charge in [-0.15, -0.1) is 0 Å². The molecule has 0 fully saturated rings. The van der Waals surface area contributed by atoms with Crippen LogP contribution in [0.5, 0.6) is 0 Å². The summed E-state index contributed by atoms with van der Waals surface area (Å²) in [5.41, 5.74) is 5.61. The normalized spacial score (nSPS) is 12.4. The first-order valence-electron chi connectivity index (χ1n) is 10.9. The first-order valence-corrected chi connectivity index (χ1v) is 11.6. The molecule has 6 heteroatoms. The number of benzene rings is 4. The summed E-state index contributed by atoms with van der Waals surface area (Å²) >= 11 is 12.3. The van der Waals surface area contributed by atoms with Crippen LogP contribution < -0.4 is 10.2 Å². The molecule has 4 aromatic rings. The SMILES string of the molecule is O=C(Nc1ccc(C(=O)N2CCc3ccccc3-c3ccccc32)cc1)c1c(Cl)cccc1Cl. The average Bonchev–Trinajstić information content (AvgIpc) is 3.01. The van der Waals surface area contributed by atoms with E-state index in [-0.39, 0.29) is 21.5 Å². The predicted octanol–water partition coefficient (Wildman–Crippen LogP) is 7.12. The Bertz CT molecular complexity index is 1380. The van der Waals surface area contributed by atoms with E-state index in [4.69, 9.17) is 23.2 Å². The highest BCUT2D eigenvalue weighted by molar-refractivity contribution is 6.40. The van der Waals surface area contributed by atoms with E-state index < -0.39 is 5.91 Å². The quantitative estimate of drug-likeness (QED) is 0.335. The van der Waals surface area contributed by atoms with Crippen molar-refractivity contribution in [1.82, 2.24) is 0 Å². The van der Waals surface area contributed by atoms with E-state index >= 15 is 0 Å². The topological polar surface area (TPSA) is 49.4 Å². The van der Waals surface area contributed by atoms with Gasteiger partial charge < -0.3 is 10.2 Å². The van der Waals surface area contributed by atoms with Crippen LogP contribution in [0.25, 0.3) is 11.1 Å². The highest BCUT2D eigenvalue weighted by Gasteiger charge is 2.24. The van der Waals surface area contributed by atoms with E-state index in [0.29, 0.717) is 17.8 Å². The molecule has 1 N–H and O–H groups in total. The fourth-order valence-corrected chi connectivity index (χ4v) is 4.83. The smallest absolute Gasteiger partial charge is 0.258 e. The number of hydrogen-bond acceptors (Lipinski definition) is 2. The van der Waals surface area contributed by atoms with Crippen LogP contribution in [0.2, 0.25) is 10.0 Å². The van der Waals surface area contributed by atoms with E-state index in [0.717, 1.165) is 23.2 Å². The summed E-state index contributed by atoms with van der Waals surface area (Å²) in [7, 11) is 0. The molecule has 0 saturated heterocycles. The van der Waals surface area contributed by atoms with Crippen molar-refractivity contribution in [2.45, 2.75) is 6.42 Å². The van der Waals surface area contributed by atoms with Gasteiger partial charge in [-0.25, -0.2) is 0 Å². The number of para-hydroxylation sites is 1. The standard InChI is InChI=1S/C28H20Cl2N2O2/c29-23-9-5-10-24(30)26(23)27(33)31-20-14-12-19(13-15-20)28(34)32-17-16-18-6-1-2-7-21(18)22-8-3-4-11-25(22)32/h1-15H,16-17H2,(H,31,33). The molecule has 0 aromatic heterocycles. The van der Waals surface area contributed by atoms with Gasteiger partial charge in [0.05, 0.1) is 21.3 Å². The Hall–Kier alpha value is -3.60. The highest BCUT2D eigenvalue weighted by atomic mass is 35.5. The van der Waals surface area contributed by atoms with Gasteiger partial charge in [0, 0.05) is 23.4 Å². The molecule has 1 aliphatic rings. The molecule has 0 unspecified atom stereocenters. The minimum absolute atomic E-state index is 0.0905. The molecule has 168 valence electrons. The maximum Gasteiger partial charge on any atom is 0.258 e. The van der Waals surface area contributed by atoms with Gasteiger partial charge in [-0.3, -0.25) is 9.59 Å². The van der Waals surface area contributed by atoms with Gasteiger partial charge in [-0.05, 0) is 60.0 Å². The van der Waals surface area contributed by atoms with Crippen LogP contribution in [0.15, 0.2) is 91.0 Å². The highest BCUT2D eigenvalue weighted by Crippen LogP contribution is 2.37. The second-order valence-corrected chi connectivity index (χ2v) is 8.82. The molecule has 4 aromatic carbocycles. The number of carbonyl (C=O) groups excluding carboxylic acids is 2. The summed E-state index contributed by atoms with van der Waals surface area (Å²) in [6.45, 7) is 0.580. The number of nitrogens with one attached hydrogen (secondary N) is 1. The number of rotatable bonds is 3. The number of anilines is 2. The Balaban J connectivity index is 1.39. The Kier molecular flexibility index (Phi) is 6.10. The van der Waals surface area contributed by atoms with Crippen LogP contribution in [-0.2, 0) is 6.42 Å². The third kappa shape index (κ3) is 4.18. The molecule has 0 radical (unpaired) electrons. The fourth-order valence-electron chi connectivity index (χ4n) is 4.26. The van der Waals surface area contributed by atoms with Crippen LogP contribution >= 0.6 is 23.2 Å². The van der Waals surface area contributed by atoms with Crippen LogP contribution in [0.4, 0.5) is 11.4 Å². The van der Waals surface area contributed by atoms with Gasteiger partial charge in [0.25, 0.3) is 11.8 Å². The Morgan fingerprint density at radius 3 is 2.12 bits per heavy atom. The number of carbonyl (C=O) groups is 2. The minimum Gasteiger partial charge on any atom is -0.322 e. The zero-order valence-corrected chi connectivity index (χ0v) is 19.6. The lowest BCUT2D eigenvalue weighted by atomic mass is 9.98. The largest absolute Gasteiger partial charge is 0.322 e. The maximum atomic E-state index is 13.5. The van der Waals surface area contributed by atoms with Gasteiger partial charge in [-0.2, -0.15) is 0 Å². The molecule has 0 atom stereocenters. The first kappa shape index (κ1) is 22.2. The first-order chi connectivity index (χ1) is 16.5. The van der Waals surface area contributed by atoms with Crippen LogP contribution in [0.3, 0.4) is 0 Å². The fraction of sp³-hybridized carbons (Fsp3) is 0.0714. The average molecular weight is 487 g/mol. The summed E-state index contributed by atoms with van der Waals surface area (Å²) in [6.07, 6.45) is 0.767. The molecule has 0 spiro atoms. The van der Waals surface area contributed by atoms with Crippen LogP contribution in [0.1, 0.15) is 26.3 Å². The molecular formula is C28H20Cl2N2O2. The zero-order chi connectivity index (χ0) is 23.7. The van der Waals surface area contributed by atoms with E-state index in [1.807, 2.05) is 35.2 Å². The maximum absolute atomic E-state index is 13.5. The molecule has 4 nitrogen and oxygen atoms in total. The summed E-state index contributed by atoms with van der Waals surface area (Å²) in [5.74, 6) is -0.499. The predicted molar refractivity (Wildman–Crippen MR) is 138 cm³/mol. The van der Waals surface area contributed by atoms with Crippen molar-refractivity contribution in [3.05, 3.63) is 118 Å². The number of hydrogen-bond donors (Lipinski definition) is 1. The van der Waals surface area contributed by atoms with Crippen molar-refractivity contribution in [2.24, 2.45) is 0 Å². The van der Waals surface area contributed by atoms with E-state index in [9.17, 15) is 9.59 Å². The van der Waals surface area contributed by atoms with Gasteiger partial charge in [-0.1, -0.05) is 71.7 Å². The number of halogens is 2. The van der Waals surface area contributed by atoms with Crippen LogP contribution in [0, 0.1) is 0 Å². The summed E-state index contributed by atoms with van der Waals surface area (Å²) in [5, 5.41) is 3.34. The minimum atomic E-state index is -0.408. The second-order valence-electron chi connectivity index (χ2n) is 8.01. The molecular weight excluding hydrogens is 467 g/mol. The molecule has 0 bridgehead atoms. The second kappa shape index (κ2) is 9.34. The van der Waals surface area contributed by atoms with E-state index in [1.54, 1.807) is 42.5 Å².